The first-order chi connectivity index (χ1) is 8.27. The normalized spacial score (nSPS) is 10.5. The SMILES string of the molecule is CCOC(=O)c1oc2cccnc2c1OCC. The van der Waals surface area contributed by atoms with Gasteiger partial charge in [0.1, 0.15) is 0 Å². The third kappa shape index (κ3) is 2.08. The van der Waals surface area contributed by atoms with Gasteiger partial charge in [0.2, 0.25) is 0 Å². The summed E-state index contributed by atoms with van der Waals surface area (Å²) in [6, 6.07) is 3.46. The van der Waals surface area contributed by atoms with Crippen molar-refractivity contribution in [1.29, 1.82) is 0 Å². The van der Waals surface area contributed by atoms with Crippen LogP contribution in [0.5, 0.6) is 5.75 Å². The first-order valence-electron chi connectivity index (χ1n) is 5.45. The molecule has 0 aliphatic rings. The molecule has 17 heavy (non-hydrogen) atoms. The minimum atomic E-state index is -0.533. The molecule has 0 aromatic carbocycles. The summed E-state index contributed by atoms with van der Waals surface area (Å²) in [7, 11) is 0. The standard InChI is InChI=1S/C12H13NO4/c1-3-15-10-9-8(6-5-7-13-9)17-11(10)12(14)16-4-2/h5-7H,3-4H2,1-2H3. The van der Waals surface area contributed by atoms with Gasteiger partial charge in [-0.3, -0.25) is 0 Å². The van der Waals surface area contributed by atoms with Crippen molar-refractivity contribution in [1.82, 2.24) is 4.98 Å². The molecular formula is C12H13NO4. The van der Waals surface area contributed by atoms with Gasteiger partial charge in [0, 0.05) is 6.20 Å². The van der Waals surface area contributed by atoms with Crippen molar-refractivity contribution in [3.63, 3.8) is 0 Å². The molecule has 5 heteroatoms. The number of hydrogen-bond donors (Lipinski definition) is 0. The summed E-state index contributed by atoms with van der Waals surface area (Å²) in [4.78, 5) is 15.8. The van der Waals surface area contributed by atoms with Gasteiger partial charge >= 0.3 is 5.97 Å². The topological polar surface area (TPSA) is 61.6 Å². The molecule has 0 aliphatic carbocycles. The molecule has 2 heterocycles. The first kappa shape index (κ1) is 11.4. The van der Waals surface area contributed by atoms with Crippen molar-refractivity contribution in [3.8, 4) is 5.75 Å². The predicted octanol–water partition coefficient (Wildman–Crippen LogP) is 2.40. The van der Waals surface area contributed by atoms with Gasteiger partial charge in [0.25, 0.3) is 5.76 Å². The molecule has 0 radical (unpaired) electrons. The zero-order valence-corrected chi connectivity index (χ0v) is 9.73. The van der Waals surface area contributed by atoms with Crippen LogP contribution in [0.1, 0.15) is 24.4 Å². The van der Waals surface area contributed by atoms with Crippen molar-refractivity contribution in [3.05, 3.63) is 24.1 Å². The number of pyridine rings is 1. The second-order valence-corrected chi connectivity index (χ2v) is 3.26. The zero-order chi connectivity index (χ0) is 12.3. The Kier molecular flexibility index (Phi) is 3.27. The lowest BCUT2D eigenvalue weighted by Crippen LogP contribution is -2.05. The van der Waals surface area contributed by atoms with Crippen molar-refractivity contribution < 1.29 is 18.7 Å². The summed E-state index contributed by atoms with van der Waals surface area (Å²) in [5, 5.41) is 0. The van der Waals surface area contributed by atoms with Crippen molar-refractivity contribution >= 4 is 17.1 Å². The summed E-state index contributed by atoms with van der Waals surface area (Å²) in [6.45, 7) is 4.28. The summed E-state index contributed by atoms with van der Waals surface area (Å²) >= 11 is 0. The molecule has 2 aromatic rings. The van der Waals surface area contributed by atoms with E-state index in [2.05, 4.69) is 4.98 Å². The van der Waals surface area contributed by atoms with Gasteiger partial charge < -0.3 is 13.9 Å². The number of ether oxygens (including phenoxy) is 2. The second kappa shape index (κ2) is 4.86. The molecule has 0 saturated carbocycles. The van der Waals surface area contributed by atoms with Gasteiger partial charge in [0.15, 0.2) is 16.8 Å². The maximum Gasteiger partial charge on any atom is 0.378 e. The van der Waals surface area contributed by atoms with E-state index in [1.807, 2.05) is 6.92 Å². The number of aromatic nitrogens is 1. The van der Waals surface area contributed by atoms with Gasteiger partial charge in [-0.05, 0) is 26.0 Å². The van der Waals surface area contributed by atoms with E-state index in [1.54, 1.807) is 25.3 Å². The van der Waals surface area contributed by atoms with Crippen molar-refractivity contribution in [2.45, 2.75) is 13.8 Å². The van der Waals surface area contributed by atoms with E-state index in [0.717, 1.165) is 0 Å². The quantitative estimate of drug-likeness (QED) is 0.761. The van der Waals surface area contributed by atoms with Crippen LogP contribution in [0.3, 0.4) is 0 Å². The van der Waals surface area contributed by atoms with Gasteiger partial charge in [-0.2, -0.15) is 0 Å². The van der Waals surface area contributed by atoms with E-state index in [9.17, 15) is 4.79 Å². The minimum absolute atomic E-state index is 0.0717. The number of nitrogens with zero attached hydrogens (tertiary/aromatic N) is 1. The van der Waals surface area contributed by atoms with Crippen molar-refractivity contribution in [2.75, 3.05) is 13.2 Å². The predicted molar refractivity (Wildman–Crippen MR) is 61.1 cm³/mol. The molecule has 2 aromatic heterocycles. The number of carbonyl (C=O) groups excluding carboxylic acids is 1. The van der Waals surface area contributed by atoms with Gasteiger partial charge in [-0.15, -0.1) is 0 Å². The van der Waals surface area contributed by atoms with Gasteiger partial charge in [0.05, 0.1) is 13.2 Å². The van der Waals surface area contributed by atoms with E-state index >= 15 is 0 Å². The molecule has 90 valence electrons. The molecule has 0 unspecified atom stereocenters. The van der Waals surface area contributed by atoms with Crippen LogP contribution in [0.2, 0.25) is 0 Å². The largest absolute Gasteiger partial charge is 0.488 e. The van der Waals surface area contributed by atoms with Crippen LogP contribution in [0.15, 0.2) is 22.7 Å². The number of furan rings is 1. The van der Waals surface area contributed by atoms with E-state index in [4.69, 9.17) is 13.9 Å². The Morgan fingerprint density at radius 3 is 2.94 bits per heavy atom. The molecule has 0 atom stereocenters. The van der Waals surface area contributed by atoms with Crippen molar-refractivity contribution in [2.24, 2.45) is 0 Å². The molecule has 0 bridgehead atoms. The smallest absolute Gasteiger partial charge is 0.378 e. The Bertz CT molecular complexity index is 532. The van der Waals surface area contributed by atoms with E-state index < -0.39 is 5.97 Å². The van der Waals surface area contributed by atoms with Crippen LogP contribution in [-0.2, 0) is 4.74 Å². The first-order valence-corrected chi connectivity index (χ1v) is 5.45. The van der Waals surface area contributed by atoms with Crippen LogP contribution < -0.4 is 4.74 Å². The fourth-order valence-electron chi connectivity index (χ4n) is 1.52. The highest BCUT2D eigenvalue weighted by Crippen LogP contribution is 2.31. The van der Waals surface area contributed by atoms with Crippen LogP contribution in [0.4, 0.5) is 0 Å². The fraction of sp³-hybridized carbons (Fsp3) is 0.333. The van der Waals surface area contributed by atoms with Crippen LogP contribution in [-0.4, -0.2) is 24.2 Å². The highest BCUT2D eigenvalue weighted by Gasteiger charge is 2.23. The lowest BCUT2D eigenvalue weighted by atomic mass is 10.3. The zero-order valence-electron chi connectivity index (χ0n) is 9.73. The molecule has 2 rings (SSSR count). The highest BCUT2D eigenvalue weighted by atomic mass is 16.6. The average molecular weight is 235 g/mol. The Morgan fingerprint density at radius 1 is 1.41 bits per heavy atom. The third-order valence-electron chi connectivity index (χ3n) is 2.15. The highest BCUT2D eigenvalue weighted by molar-refractivity contribution is 5.97. The van der Waals surface area contributed by atoms with Gasteiger partial charge in [-0.1, -0.05) is 0 Å². The number of fused-ring (bicyclic) bond motifs is 1. The van der Waals surface area contributed by atoms with Gasteiger partial charge in [-0.25, -0.2) is 9.78 Å². The fourth-order valence-corrected chi connectivity index (χ4v) is 1.52. The van der Waals surface area contributed by atoms with Crippen LogP contribution >= 0.6 is 0 Å². The molecular weight excluding hydrogens is 222 g/mol. The number of hydrogen-bond acceptors (Lipinski definition) is 5. The Morgan fingerprint density at radius 2 is 2.24 bits per heavy atom. The van der Waals surface area contributed by atoms with E-state index in [-0.39, 0.29) is 12.4 Å². The monoisotopic (exact) mass is 235 g/mol. The second-order valence-electron chi connectivity index (χ2n) is 3.26. The molecule has 0 amide bonds. The number of rotatable bonds is 4. The number of carbonyl (C=O) groups is 1. The summed E-state index contributed by atoms with van der Waals surface area (Å²) in [5.74, 6) is -0.113. The molecule has 5 nitrogen and oxygen atoms in total. The lowest BCUT2D eigenvalue weighted by molar-refractivity contribution is 0.0487. The lowest BCUT2D eigenvalue weighted by Gasteiger charge is -2.02. The third-order valence-corrected chi connectivity index (χ3v) is 2.15. The Labute approximate surface area is 98.3 Å². The summed E-state index contributed by atoms with van der Waals surface area (Å²) in [5.41, 5.74) is 1.05. The van der Waals surface area contributed by atoms with E-state index in [0.29, 0.717) is 23.5 Å². The Balaban J connectivity index is 2.53. The van der Waals surface area contributed by atoms with Crippen LogP contribution in [0.25, 0.3) is 11.1 Å². The van der Waals surface area contributed by atoms with E-state index in [1.165, 1.54) is 0 Å². The van der Waals surface area contributed by atoms with Crippen LogP contribution in [0, 0.1) is 0 Å². The number of esters is 1. The Hall–Kier alpha value is -2.04. The molecule has 0 N–H and O–H groups in total. The molecule has 0 spiro atoms. The maximum atomic E-state index is 11.7. The molecule has 0 fully saturated rings. The molecule has 0 saturated heterocycles. The summed E-state index contributed by atoms with van der Waals surface area (Å²) in [6.07, 6.45) is 1.62. The summed E-state index contributed by atoms with van der Waals surface area (Å²) < 4.78 is 15.7. The minimum Gasteiger partial charge on any atom is -0.488 e. The molecule has 0 aliphatic heterocycles. The average Bonchev–Trinajstić information content (AvgIpc) is 2.70. The maximum absolute atomic E-state index is 11.7.